The Balaban J connectivity index is 1.90. The van der Waals surface area contributed by atoms with Crippen LogP contribution in [-0.4, -0.2) is 33.1 Å². The van der Waals surface area contributed by atoms with E-state index in [1.165, 1.54) is 19.3 Å². The summed E-state index contributed by atoms with van der Waals surface area (Å²) in [4.78, 5) is 18.1. The van der Waals surface area contributed by atoms with E-state index in [-0.39, 0.29) is 0 Å². The van der Waals surface area contributed by atoms with Crippen LogP contribution >= 0.6 is 0 Å². The zero-order valence-electron chi connectivity index (χ0n) is 9.85. The zero-order chi connectivity index (χ0) is 12.1. The number of hydrogen-bond donors (Lipinski definition) is 3. The van der Waals surface area contributed by atoms with Gasteiger partial charge in [-0.1, -0.05) is 19.3 Å². The Morgan fingerprint density at radius 1 is 1.53 bits per heavy atom. The summed E-state index contributed by atoms with van der Waals surface area (Å²) < 4.78 is 0. The summed E-state index contributed by atoms with van der Waals surface area (Å²) >= 11 is 0. The fourth-order valence-corrected chi connectivity index (χ4v) is 2.38. The predicted octanol–water partition coefficient (Wildman–Crippen LogP) is 1.33. The largest absolute Gasteiger partial charge is 0.480 e. The average Bonchev–Trinajstić information content (AvgIpc) is 2.82. The lowest BCUT2D eigenvalue weighted by Gasteiger charge is -2.26. The Morgan fingerprint density at radius 3 is 2.88 bits per heavy atom. The van der Waals surface area contributed by atoms with Crippen LogP contribution in [0.2, 0.25) is 0 Å². The maximum Gasteiger partial charge on any atom is 0.321 e. The van der Waals surface area contributed by atoms with Gasteiger partial charge in [0.25, 0.3) is 0 Å². The van der Waals surface area contributed by atoms with E-state index in [1.54, 1.807) is 12.5 Å². The van der Waals surface area contributed by atoms with E-state index in [0.717, 1.165) is 18.5 Å². The van der Waals surface area contributed by atoms with Crippen LogP contribution in [0.15, 0.2) is 12.5 Å². The van der Waals surface area contributed by atoms with E-state index in [4.69, 9.17) is 0 Å². The second-order valence-electron chi connectivity index (χ2n) is 4.66. The summed E-state index contributed by atoms with van der Waals surface area (Å²) in [7, 11) is 0. The number of rotatable bonds is 5. The Hall–Kier alpha value is -1.36. The molecule has 1 fully saturated rings. The normalized spacial score (nSPS) is 19.1. The SMILES string of the molecule is O=C(O)C(Cc1c[nH]cn1)NC1CCCCC1. The molecule has 3 N–H and O–H groups in total. The quantitative estimate of drug-likeness (QED) is 0.722. The van der Waals surface area contributed by atoms with Gasteiger partial charge in [0, 0.05) is 18.7 Å². The summed E-state index contributed by atoms with van der Waals surface area (Å²) in [5.41, 5.74) is 0.792. The molecule has 1 aromatic rings. The fourth-order valence-electron chi connectivity index (χ4n) is 2.38. The lowest BCUT2D eigenvalue weighted by Crippen LogP contribution is -2.45. The van der Waals surface area contributed by atoms with Crippen molar-refractivity contribution in [3.8, 4) is 0 Å². The van der Waals surface area contributed by atoms with Gasteiger partial charge in [0.2, 0.25) is 0 Å². The Bertz CT molecular complexity index is 345. The van der Waals surface area contributed by atoms with Gasteiger partial charge in [-0.25, -0.2) is 4.98 Å². The molecule has 0 aliphatic heterocycles. The minimum absolute atomic E-state index is 0.351. The van der Waals surface area contributed by atoms with Crippen molar-refractivity contribution in [2.75, 3.05) is 0 Å². The molecule has 0 radical (unpaired) electrons. The van der Waals surface area contributed by atoms with Crippen molar-refractivity contribution in [3.63, 3.8) is 0 Å². The van der Waals surface area contributed by atoms with E-state index >= 15 is 0 Å². The number of nitrogens with zero attached hydrogens (tertiary/aromatic N) is 1. The average molecular weight is 237 g/mol. The highest BCUT2D eigenvalue weighted by Gasteiger charge is 2.23. The number of aromatic nitrogens is 2. The molecule has 1 atom stereocenters. The standard InChI is InChI=1S/C12H19N3O2/c16-12(17)11(6-10-7-13-8-14-10)15-9-4-2-1-3-5-9/h7-9,11,15H,1-6H2,(H,13,14)(H,16,17). The minimum Gasteiger partial charge on any atom is -0.480 e. The maximum absolute atomic E-state index is 11.2. The Morgan fingerprint density at radius 2 is 2.29 bits per heavy atom. The van der Waals surface area contributed by atoms with Crippen molar-refractivity contribution < 1.29 is 9.90 Å². The first-order valence-electron chi connectivity index (χ1n) is 6.22. The molecule has 2 rings (SSSR count). The van der Waals surface area contributed by atoms with Crippen LogP contribution in [0.3, 0.4) is 0 Å². The van der Waals surface area contributed by atoms with Gasteiger partial charge in [0.05, 0.1) is 12.0 Å². The van der Waals surface area contributed by atoms with E-state index in [0.29, 0.717) is 12.5 Å². The van der Waals surface area contributed by atoms with E-state index in [2.05, 4.69) is 15.3 Å². The summed E-state index contributed by atoms with van der Waals surface area (Å²) in [6.07, 6.45) is 9.62. The fraction of sp³-hybridized carbons (Fsp3) is 0.667. The van der Waals surface area contributed by atoms with Crippen LogP contribution in [0, 0.1) is 0 Å². The Labute approximate surface area is 101 Å². The molecule has 1 aromatic heterocycles. The minimum atomic E-state index is -0.793. The molecule has 17 heavy (non-hydrogen) atoms. The highest BCUT2D eigenvalue weighted by molar-refractivity contribution is 5.73. The number of H-pyrrole nitrogens is 1. The summed E-state index contributed by atoms with van der Waals surface area (Å²) in [6, 6.07) is -0.176. The lowest BCUT2D eigenvalue weighted by molar-refractivity contribution is -0.139. The van der Waals surface area contributed by atoms with Crippen LogP contribution < -0.4 is 5.32 Å². The number of aliphatic carboxylic acids is 1. The third-order valence-electron chi connectivity index (χ3n) is 3.31. The van der Waals surface area contributed by atoms with Crippen molar-refractivity contribution in [2.45, 2.75) is 50.6 Å². The van der Waals surface area contributed by atoms with Gasteiger partial charge in [-0.15, -0.1) is 0 Å². The van der Waals surface area contributed by atoms with Crippen LogP contribution in [0.1, 0.15) is 37.8 Å². The van der Waals surface area contributed by atoms with E-state index in [9.17, 15) is 9.90 Å². The first-order valence-corrected chi connectivity index (χ1v) is 6.22. The van der Waals surface area contributed by atoms with Crippen molar-refractivity contribution in [1.29, 1.82) is 0 Å². The van der Waals surface area contributed by atoms with Crippen molar-refractivity contribution in [3.05, 3.63) is 18.2 Å². The van der Waals surface area contributed by atoms with E-state index < -0.39 is 12.0 Å². The lowest BCUT2D eigenvalue weighted by atomic mass is 9.94. The van der Waals surface area contributed by atoms with Gasteiger partial charge in [0.15, 0.2) is 0 Å². The molecule has 5 nitrogen and oxygen atoms in total. The highest BCUT2D eigenvalue weighted by atomic mass is 16.4. The zero-order valence-corrected chi connectivity index (χ0v) is 9.85. The number of hydrogen-bond acceptors (Lipinski definition) is 3. The van der Waals surface area contributed by atoms with Crippen LogP contribution in [0.25, 0.3) is 0 Å². The second-order valence-corrected chi connectivity index (χ2v) is 4.66. The summed E-state index contributed by atoms with van der Waals surface area (Å²) in [5, 5.41) is 12.4. The van der Waals surface area contributed by atoms with Crippen LogP contribution in [0.5, 0.6) is 0 Å². The topological polar surface area (TPSA) is 78.0 Å². The molecule has 1 unspecified atom stereocenters. The molecule has 1 aliphatic rings. The van der Waals surface area contributed by atoms with Crippen molar-refractivity contribution in [2.24, 2.45) is 0 Å². The molecule has 0 bridgehead atoms. The molecule has 1 heterocycles. The number of aromatic amines is 1. The van der Waals surface area contributed by atoms with E-state index in [1.807, 2.05) is 0 Å². The molecule has 0 aromatic carbocycles. The molecule has 1 aliphatic carbocycles. The monoisotopic (exact) mass is 237 g/mol. The van der Waals surface area contributed by atoms with Gasteiger partial charge in [-0.3, -0.25) is 4.79 Å². The molecule has 1 saturated carbocycles. The third kappa shape index (κ3) is 3.56. The molecule has 0 amide bonds. The van der Waals surface area contributed by atoms with Gasteiger partial charge in [-0.2, -0.15) is 0 Å². The number of carbonyl (C=O) groups is 1. The maximum atomic E-state index is 11.2. The van der Waals surface area contributed by atoms with Crippen molar-refractivity contribution in [1.82, 2.24) is 15.3 Å². The summed E-state index contributed by atoms with van der Waals surface area (Å²) in [5.74, 6) is -0.793. The van der Waals surface area contributed by atoms with Gasteiger partial charge in [-0.05, 0) is 12.8 Å². The molecule has 5 heteroatoms. The molecule has 94 valence electrons. The number of carboxylic acid groups (broad SMARTS) is 1. The number of imidazole rings is 1. The van der Waals surface area contributed by atoms with Crippen LogP contribution in [0.4, 0.5) is 0 Å². The van der Waals surface area contributed by atoms with Gasteiger partial charge < -0.3 is 15.4 Å². The second kappa shape index (κ2) is 5.82. The first-order chi connectivity index (χ1) is 8.25. The molecule has 0 spiro atoms. The molecular formula is C12H19N3O2. The third-order valence-corrected chi connectivity index (χ3v) is 3.31. The first kappa shape index (κ1) is 12.1. The van der Waals surface area contributed by atoms with Gasteiger partial charge >= 0.3 is 5.97 Å². The summed E-state index contributed by atoms with van der Waals surface area (Å²) in [6.45, 7) is 0. The predicted molar refractivity (Wildman–Crippen MR) is 63.7 cm³/mol. The number of nitrogens with one attached hydrogen (secondary N) is 2. The molecule has 0 saturated heterocycles. The highest BCUT2D eigenvalue weighted by Crippen LogP contribution is 2.18. The van der Waals surface area contributed by atoms with Gasteiger partial charge in [0.1, 0.15) is 6.04 Å². The van der Waals surface area contributed by atoms with Crippen LogP contribution in [-0.2, 0) is 11.2 Å². The smallest absolute Gasteiger partial charge is 0.321 e. The molecular weight excluding hydrogens is 218 g/mol. The van der Waals surface area contributed by atoms with Crippen molar-refractivity contribution >= 4 is 5.97 Å². The Kier molecular flexibility index (Phi) is 4.14. The number of carboxylic acids is 1.